The predicted molar refractivity (Wildman–Crippen MR) is 127 cm³/mol. The second-order valence-electron chi connectivity index (χ2n) is 8.12. The third-order valence-corrected chi connectivity index (χ3v) is 7.05. The first-order chi connectivity index (χ1) is 15.9. The number of carbonyl (C=O) groups is 1. The van der Waals surface area contributed by atoms with Gasteiger partial charge in [-0.3, -0.25) is 9.69 Å². The Kier molecular flexibility index (Phi) is 9.25. The van der Waals surface area contributed by atoms with Crippen LogP contribution in [0.15, 0.2) is 53.4 Å². The maximum absolute atomic E-state index is 13.2. The van der Waals surface area contributed by atoms with Crippen LogP contribution >= 0.6 is 0 Å². The lowest BCUT2D eigenvalue weighted by Crippen LogP contribution is -2.48. The van der Waals surface area contributed by atoms with Gasteiger partial charge in [0, 0.05) is 19.6 Å². The maximum atomic E-state index is 13.2. The third-order valence-electron chi connectivity index (χ3n) is 5.56. The molecule has 0 aromatic heterocycles. The molecule has 0 unspecified atom stereocenters. The summed E-state index contributed by atoms with van der Waals surface area (Å²) in [6.07, 6.45) is 1.02. The van der Waals surface area contributed by atoms with Crippen molar-refractivity contribution in [2.45, 2.75) is 30.7 Å². The van der Waals surface area contributed by atoms with Gasteiger partial charge in [0.25, 0.3) is 0 Å². The number of benzene rings is 2. The van der Waals surface area contributed by atoms with Crippen LogP contribution in [0.4, 0.5) is 0 Å². The molecule has 180 valence electrons. The number of hydrogen-bond acceptors (Lipinski definition) is 6. The number of morpholine rings is 1. The van der Waals surface area contributed by atoms with Crippen LogP contribution in [0.3, 0.4) is 0 Å². The molecule has 0 spiro atoms. The van der Waals surface area contributed by atoms with Gasteiger partial charge in [-0.2, -0.15) is 4.72 Å². The number of amides is 1. The molecule has 0 aliphatic carbocycles. The summed E-state index contributed by atoms with van der Waals surface area (Å²) >= 11 is 0. The summed E-state index contributed by atoms with van der Waals surface area (Å²) in [5.41, 5.74) is 1.65. The van der Waals surface area contributed by atoms with E-state index in [-0.39, 0.29) is 23.0 Å². The molecule has 3 rings (SSSR count). The molecule has 1 aliphatic heterocycles. The Morgan fingerprint density at radius 3 is 2.58 bits per heavy atom. The summed E-state index contributed by atoms with van der Waals surface area (Å²) in [7, 11) is -2.57. The van der Waals surface area contributed by atoms with Crippen molar-refractivity contribution in [3.8, 4) is 5.75 Å². The molecule has 2 aromatic carbocycles. The van der Waals surface area contributed by atoms with Crippen molar-refractivity contribution in [1.29, 1.82) is 0 Å². The van der Waals surface area contributed by atoms with Crippen LogP contribution in [0, 0.1) is 6.92 Å². The molecular weight excluding hydrogens is 442 g/mol. The molecule has 2 N–H and O–H groups in total. The van der Waals surface area contributed by atoms with Gasteiger partial charge in [-0.15, -0.1) is 0 Å². The fourth-order valence-corrected chi connectivity index (χ4v) is 5.19. The molecule has 1 heterocycles. The first-order valence-electron chi connectivity index (χ1n) is 11.2. The summed E-state index contributed by atoms with van der Waals surface area (Å²) in [5, 5.41) is 2.90. The first kappa shape index (κ1) is 25.2. The minimum absolute atomic E-state index is 0.0168. The number of rotatable bonds is 11. The number of nitrogens with zero attached hydrogens (tertiary/aromatic N) is 1. The molecule has 0 saturated carbocycles. The Labute approximate surface area is 196 Å². The number of ether oxygens (including phenoxy) is 2. The highest BCUT2D eigenvalue weighted by molar-refractivity contribution is 7.89. The minimum Gasteiger partial charge on any atom is -0.495 e. The standard InChI is InChI=1S/C24H33N3O5S/c1-19-9-10-22(31-2)23(17-19)33(29,30)26-21(18-20-7-4-3-5-8-20)24(28)25-11-6-12-27-13-15-32-16-14-27/h3-5,7-10,17,21,26H,6,11-16,18H2,1-2H3,(H,25,28)/t21-/m0/s1. The van der Waals surface area contributed by atoms with Crippen LogP contribution < -0.4 is 14.8 Å². The van der Waals surface area contributed by atoms with E-state index in [0.29, 0.717) is 6.54 Å². The fraction of sp³-hybridized carbons (Fsp3) is 0.458. The van der Waals surface area contributed by atoms with Gasteiger partial charge < -0.3 is 14.8 Å². The number of hydrogen-bond donors (Lipinski definition) is 2. The Morgan fingerprint density at radius 2 is 1.88 bits per heavy atom. The van der Waals surface area contributed by atoms with Gasteiger partial charge in [-0.25, -0.2) is 8.42 Å². The van der Waals surface area contributed by atoms with Gasteiger partial charge in [-0.1, -0.05) is 36.4 Å². The molecular formula is C24H33N3O5S. The summed E-state index contributed by atoms with van der Waals surface area (Å²) in [6.45, 7) is 6.38. The first-order valence-corrected chi connectivity index (χ1v) is 12.7. The topological polar surface area (TPSA) is 97.0 Å². The van der Waals surface area contributed by atoms with Crippen molar-refractivity contribution in [2.75, 3.05) is 46.5 Å². The normalized spacial score (nSPS) is 15.7. The van der Waals surface area contributed by atoms with E-state index in [1.165, 1.54) is 7.11 Å². The predicted octanol–water partition coefficient (Wildman–Crippen LogP) is 1.73. The maximum Gasteiger partial charge on any atom is 0.244 e. The van der Waals surface area contributed by atoms with Gasteiger partial charge in [0.1, 0.15) is 16.7 Å². The second-order valence-corrected chi connectivity index (χ2v) is 9.80. The van der Waals surface area contributed by atoms with Crippen molar-refractivity contribution in [3.63, 3.8) is 0 Å². The Bertz CT molecular complexity index is 1010. The quantitative estimate of drug-likeness (QED) is 0.481. The van der Waals surface area contributed by atoms with Crippen LogP contribution in [0.1, 0.15) is 17.5 Å². The number of aryl methyl sites for hydroxylation is 1. The Hall–Kier alpha value is -2.46. The Balaban J connectivity index is 1.69. The lowest BCUT2D eigenvalue weighted by molar-refractivity contribution is -0.122. The van der Waals surface area contributed by atoms with Crippen molar-refractivity contribution in [3.05, 3.63) is 59.7 Å². The lowest BCUT2D eigenvalue weighted by atomic mass is 10.1. The van der Waals surface area contributed by atoms with Crippen LogP contribution in [0.5, 0.6) is 5.75 Å². The SMILES string of the molecule is COc1ccc(C)cc1S(=O)(=O)N[C@@H](Cc1ccccc1)C(=O)NCCCN1CCOCC1. The summed E-state index contributed by atoms with van der Waals surface area (Å²) < 4.78 is 39.6. The van der Waals surface area contributed by atoms with Crippen molar-refractivity contribution in [2.24, 2.45) is 0 Å². The zero-order valence-electron chi connectivity index (χ0n) is 19.2. The molecule has 1 aliphatic rings. The molecule has 0 radical (unpaired) electrons. The van der Waals surface area contributed by atoms with E-state index in [1.807, 2.05) is 30.3 Å². The Morgan fingerprint density at radius 1 is 1.15 bits per heavy atom. The van der Waals surface area contributed by atoms with Crippen LogP contribution in [0.2, 0.25) is 0 Å². The highest BCUT2D eigenvalue weighted by atomic mass is 32.2. The molecule has 9 heteroatoms. The largest absolute Gasteiger partial charge is 0.495 e. The number of nitrogens with one attached hydrogen (secondary N) is 2. The van der Waals surface area contributed by atoms with E-state index in [1.54, 1.807) is 25.1 Å². The average molecular weight is 476 g/mol. The molecule has 1 atom stereocenters. The summed E-state index contributed by atoms with van der Waals surface area (Å²) in [4.78, 5) is 15.3. The second kappa shape index (κ2) is 12.1. The molecule has 0 bridgehead atoms. The third kappa shape index (κ3) is 7.53. The van der Waals surface area contributed by atoms with Crippen molar-refractivity contribution in [1.82, 2.24) is 14.9 Å². The number of sulfonamides is 1. The highest BCUT2D eigenvalue weighted by Gasteiger charge is 2.28. The zero-order chi connectivity index (χ0) is 23.7. The molecule has 1 amide bonds. The van der Waals surface area contributed by atoms with Crippen molar-refractivity contribution >= 4 is 15.9 Å². The van der Waals surface area contributed by atoms with E-state index < -0.39 is 16.1 Å². The lowest BCUT2D eigenvalue weighted by Gasteiger charge is -2.26. The van der Waals surface area contributed by atoms with Gasteiger partial charge >= 0.3 is 0 Å². The molecule has 8 nitrogen and oxygen atoms in total. The van der Waals surface area contributed by atoms with Crippen LogP contribution in [0.25, 0.3) is 0 Å². The van der Waals surface area contributed by atoms with E-state index in [0.717, 1.165) is 50.4 Å². The fourth-order valence-electron chi connectivity index (χ4n) is 3.74. The monoisotopic (exact) mass is 475 g/mol. The smallest absolute Gasteiger partial charge is 0.244 e. The van der Waals surface area contributed by atoms with E-state index in [4.69, 9.17) is 9.47 Å². The van der Waals surface area contributed by atoms with Gasteiger partial charge in [0.05, 0.1) is 20.3 Å². The molecule has 33 heavy (non-hydrogen) atoms. The molecule has 1 saturated heterocycles. The van der Waals surface area contributed by atoms with E-state index in [9.17, 15) is 13.2 Å². The highest BCUT2D eigenvalue weighted by Crippen LogP contribution is 2.25. The van der Waals surface area contributed by atoms with Gasteiger partial charge in [0.2, 0.25) is 15.9 Å². The summed E-state index contributed by atoms with van der Waals surface area (Å²) in [6, 6.07) is 13.3. The van der Waals surface area contributed by atoms with Crippen LogP contribution in [-0.2, 0) is 26.0 Å². The minimum atomic E-state index is -4.00. The average Bonchev–Trinajstić information content (AvgIpc) is 2.82. The van der Waals surface area contributed by atoms with Gasteiger partial charge in [-0.05, 0) is 49.6 Å². The van der Waals surface area contributed by atoms with Gasteiger partial charge in [0.15, 0.2) is 0 Å². The molecule has 2 aromatic rings. The van der Waals surface area contributed by atoms with Crippen LogP contribution in [-0.4, -0.2) is 71.8 Å². The van der Waals surface area contributed by atoms with Crippen molar-refractivity contribution < 1.29 is 22.7 Å². The number of carbonyl (C=O) groups excluding carboxylic acids is 1. The zero-order valence-corrected chi connectivity index (χ0v) is 20.1. The molecule has 1 fully saturated rings. The van der Waals surface area contributed by atoms with E-state index >= 15 is 0 Å². The van der Waals surface area contributed by atoms with E-state index in [2.05, 4.69) is 14.9 Å². The number of methoxy groups -OCH3 is 1. The summed E-state index contributed by atoms with van der Waals surface area (Å²) in [5.74, 6) is -0.117.